The van der Waals surface area contributed by atoms with E-state index in [-0.39, 0.29) is 0 Å². The Bertz CT molecular complexity index is 261. The lowest BCUT2D eigenvalue weighted by Crippen LogP contribution is -2.18. The Morgan fingerprint density at radius 2 is 1.33 bits per heavy atom. The summed E-state index contributed by atoms with van der Waals surface area (Å²) in [4.78, 5) is 10.4. The molecule has 21 heavy (non-hydrogen) atoms. The summed E-state index contributed by atoms with van der Waals surface area (Å²) in [6.07, 6.45) is 18.3. The standard InChI is InChI=1S/C18H34O3/c1-2-3-4-5-6-7-8-9-10-11-12-13-14-15-16-17(19)18(20)21/h6-7,17,19H,2-5,8-16H2,1H3,(H,20,21)/b7-6-. The van der Waals surface area contributed by atoms with Gasteiger partial charge in [0.2, 0.25) is 0 Å². The monoisotopic (exact) mass is 298 g/mol. The minimum absolute atomic E-state index is 0.387. The lowest BCUT2D eigenvalue weighted by molar-refractivity contribution is -0.146. The van der Waals surface area contributed by atoms with Gasteiger partial charge in [-0.1, -0.05) is 70.4 Å². The number of hydrogen-bond acceptors (Lipinski definition) is 2. The van der Waals surface area contributed by atoms with Gasteiger partial charge in [-0.2, -0.15) is 0 Å². The molecule has 0 rings (SSSR count). The zero-order valence-electron chi connectivity index (χ0n) is 13.7. The Morgan fingerprint density at radius 3 is 1.86 bits per heavy atom. The Kier molecular flexibility index (Phi) is 14.9. The largest absolute Gasteiger partial charge is 0.479 e. The molecular weight excluding hydrogens is 264 g/mol. The van der Waals surface area contributed by atoms with Crippen LogP contribution < -0.4 is 0 Å². The Morgan fingerprint density at radius 1 is 0.857 bits per heavy atom. The highest BCUT2D eigenvalue weighted by Gasteiger charge is 2.11. The maximum atomic E-state index is 10.4. The highest BCUT2D eigenvalue weighted by Crippen LogP contribution is 2.11. The molecule has 0 aliphatic rings. The fourth-order valence-electron chi connectivity index (χ4n) is 2.36. The lowest BCUT2D eigenvalue weighted by Gasteiger charge is -2.04. The molecule has 1 atom stereocenters. The van der Waals surface area contributed by atoms with Gasteiger partial charge in [-0.3, -0.25) is 0 Å². The van der Waals surface area contributed by atoms with Crippen LogP contribution in [0.4, 0.5) is 0 Å². The number of carboxylic acid groups (broad SMARTS) is 1. The zero-order chi connectivity index (χ0) is 15.8. The molecule has 0 aliphatic heterocycles. The van der Waals surface area contributed by atoms with Crippen molar-refractivity contribution in [2.75, 3.05) is 0 Å². The van der Waals surface area contributed by atoms with E-state index < -0.39 is 12.1 Å². The van der Waals surface area contributed by atoms with Gasteiger partial charge in [0, 0.05) is 0 Å². The summed E-state index contributed by atoms with van der Waals surface area (Å²) in [5.74, 6) is -1.10. The maximum absolute atomic E-state index is 10.4. The van der Waals surface area contributed by atoms with E-state index in [4.69, 9.17) is 10.2 Å². The summed E-state index contributed by atoms with van der Waals surface area (Å²) in [5.41, 5.74) is 0. The van der Waals surface area contributed by atoms with Crippen LogP contribution in [-0.4, -0.2) is 22.3 Å². The van der Waals surface area contributed by atoms with Crippen LogP contribution in [0, 0.1) is 0 Å². The number of aliphatic hydroxyl groups is 1. The van der Waals surface area contributed by atoms with Gasteiger partial charge >= 0.3 is 5.97 Å². The summed E-state index contributed by atoms with van der Waals surface area (Å²) in [5, 5.41) is 17.6. The first-order chi connectivity index (χ1) is 10.2. The molecule has 0 heterocycles. The van der Waals surface area contributed by atoms with E-state index >= 15 is 0 Å². The third kappa shape index (κ3) is 15.4. The number of aliphatic hydroxyl groups excluding tert-OH is 1. The molecule has 0 fully saturated rings. The molecule has 1 unspecified atom stereocenters. The van der Waals surface area contributed by atoms with Gasteiger partial charge in [0.05, 0.1) is 0 Å². The van der Waals surface area contributed by atoms with Gasteiger partial charge in [-0.15, -0.1) is 0 Å². The number of unbranched alkanes of at least 4 members (excludes halogenated alkanes) is 10. The quantitative estimate of drug-likeness (QED) is 0.327. The van der Waals surface area contributed by atoms with Gasteiger partial charge in [0.1, 0.15) is 0 Å². The number of hydrogen-bond donors (Lipinski definition) is 2. The van der Waals surface area contributed by atoms with Crippen molar-refractivity contribution < 1.29 is 15.0 Å². The van der Waals surface area contributed by atoms with E-state index in [1.165, 1.54) is 57.8 Å². The van der Waals surface area contributed by atoms with Crippen LogP contribution in [0.25, 0.3) is 0 Å². The van der Waals surface area contributed by atoms with E-state index in [9.17, 15) is 4.79 Å². The van der Waals surface area contributed by atoms with Crippen molar-refractivity contribution in [1.29, 1.82) is 0 Å². The Hall–Kier alpha value is -0.830. The van der Waals surface area contributed by atoms with E-state index in [2.05, 4.69) is 19.1 Å². The number of carbonyl (C=O) groups is 1. The predicted molar refractivity (Wildman–Crippen MR) is 88.5 cm³/mol. The van der Waals surface area contributed by atoms with Crippen LogP contribution in [-0.2, 0) is 4.79 Å². The lowest BCUT2D eigenvalue weighted by atomic mass is 10.1. The summed E-state index contributed by atoms with van der Waals surface area (Å²) in [7, 11) is 0. The number of carboxylic acids is 1. The van der Waals surface area contributed by atoms with Crippen molar-refractivity contribution in [3.05, 3.63) is 12.2 Å². The van der Waals surface area contributed by atoms with Gasteiger partial charge in [0.15, 0.2) is 6.10 Å². The Labute approximate surface area is 130 Å². The van der Waals surface area contributed by atoms with Crippen LogP contribution in [0.2, 0.25) is 0 Å². The molecule has 0 aliphatic carbocycles. The Balaban J connectivity index is 3.14. The number of aliphatic carboxylic acids is 1. The topological polar surface area (TPSA) is 57.5 Å². The molecule has 0 amide bonds. The second-order valence-electron chi connectivity index (χ2n) is 5.87. The second kappa shape index (κ2) is 15.6. The van der Waals surface area contributed by atoms with E-state index in [1.807, 2.05) is 0 Å². The van der Waals surface area contributed by atoms with E-state index in [0.717, 1.165) is 19.3 Å². The van der Waals surface area contributed by atoms with Crippen molar-refractivity contribution in [1.82, 2.24) is 0 Å². The van der Waals surface area contributed by atoms with Crippen LogP contribution in [0.15, 0.2) is 12.2 Å². The molecule has 124 valence electrons. The van der Waals surface area contributed by atoms with Gasteiger partial charge in [-0.25, -0.2) is 4.79 Å². The minimum atomic E-state index is -1.17. The van der Waals surface area contributed by atoms with Crippen LogP contribution >= 0.6 is 0 Å². The number of rotatable bonds is 15. The van der Waals surface area contributed by atoms with Crippen molar-refractivity contribution in [3.8, 4) is 0 Å². The maximum Gasteiger partial charge on any atom is 0.332 e. The van der Waals surface area contributed by atoms with Crippen molar-refractivity contribution in [2.24, 2.45) is 0 Å². The van der Waals surface area contributed by atoms with Gasteiger partial charge in [0.25, 0.3) is 0 Å². The molecule has 0 spiro atoms. The third-order valence-corrected chi connectivity index (χ3v) is 3.77. The molecule has 0 saturated carbocycles. The van der Waals surface area contributed by atoms with Gasteiger partial charge in [-0.05, 0) is 32.1 Å². The summed E-state index contributed by atoms with van der Waals surface area (Å²) in [6.45, 7) is 2.23. The SMILES string of the molecule is CCCCC/C=C\CCCCCCCCCC(O)C(=O)O. The van der Waals surface area contributed by atoms with Crippen molar-refractivity contribution in [3.63, 3.8) is 0 Å². The highest BCUT2D eigenvalue weighted by atomic mass is 16.4. The summed E-state index contributed by atoms with van der Waals surface area (Å²) in [6, 6.07) is 0. The van der Waals surface area contributed by atoms with Gasteiger partial charge < -0.3 is 10.2 Å². The molecular formula is C18H34O3. The second-order valence-corrected chi connectivity index (χ2v) is 5.87. The first-order valence-corrected chi connectivity index (χ1v) is 8.74. The average Bonchev–Trinajstić information content (AvgIpc) is 2.47. The molecule has 3 nitrogen and oxygen atoms in total. The molecule has 0 aromatic rings. The van der Waals surface area contributed by atoms with Crippen LogP contribution in [0.1, 0.15) is 90.4 Å². The molecule has 3 heteroatoms. The predicted octanol–water partition coefficient (Wildman–Crippen LogP) is 5.08. The molecule has 0 bridgehead atoms. The van der Waals surface area contributed by atoms with Crippen LogP contribution in [0.3, 0.4) is 0 Å². The van der Waals surface area contributed by atoms with E-state index in [1.54, 1.807) is 0 Å². The molecule has 0 radical (unpaired) electrons. The van der Waals surface area contributed by atoms with E-state index in [0.29, 0.717) is 6.42 Å². The normalized spacial score (nSPS) is 12.9. The van der Waals surface area contributed by atoms with Crippen molar-refractivity contribution in [2.45, 2.75) is 96.5 Å². The molecule has 2 N–H and O–H groups in total. The fraction of sp³-hybridized carbons (Fsp3) is 0.833. The first-order valence-electron chi connectivity index (χ1n) is 8.74. The number of allylic oxidation sites excluding steroid dienone is 2. The fourth-order valence-corrected chi connectivity index (χ4v) is 2.36. The highest BCUT2D eigenvalue weighted by molar-refractivity contribution is 5.71. The third-order valence-electron chi connectivity index (χ3n) is 3.77. The average molecular weight is 298 g/mol. The molecule has 0 aromatic carbocycles. The smallest absolute Gasteiger partial charge is 0.332 e. The zero-order valence-corrected chi connectivity index (χ0v) is 13.7. The first kappa shape index (κ1) is 20.2. The summed E-state index contributed by atoms with van der Waals surface area (Å²) < 4.78 is 0. The minimum Gasteiger partial charge on any atom is -0.479 e. The molecule has 0 aromatic heterocycles. The molecule has 0 saturated heterocycles. The summed E-state index contributed by atoms with van der Waals surface area (Å²) >= 11 is 0. The van der Waals surface area contributed by atoms with Crippen LogP contribution in [0.5, 0.6) is 0 Å². The van der Waals surface area contributed by atoms with Crippen molar-refractivity contribution >= 4 is 5.97 Å².